The molecule has 1 fully saturated rings. The van der Waals surface area contributed by atoms with Crippen LogP contribution in [0.15, 0.2) is 52.8 Å². The van der Waals surface area contributed by atoms with E-state index in [2.05, 4.69) is 11.8 Å². The van der Waals surface area contributed by atoms with Gasteiger partial charge in [0.15, 0.2) is 0 Å². The molecule has 0 saturated carbocycles. The first-order valence-corrected chi connectivity index (χ1v) is 9.49. The van der Waals surface area contributed by atoms with E-state index >= 15 is 0 Å². The van der Waals surface area contributed by atoms with Crippen molar-refractivity contribution >= 4 is 17.4 Å². The Morgan fingerprint density at radius 3 is 2.37 bits per heavy atom. The topological polar surface area (TPSA) is 53.8 Å². The lowest BCUT2D eigenvalue weighted by atomic mass is 9.97. The second kappa shape index (κ2) is 7.06. The van der Waals surface area contributed by atoms with Gasteiger partial charge in [0.25, 0.3) is 11.8 Å². The van der Waals surface area contributed by atoms with Crippen LogP contribution in [0.3, 0.4) is 0 Å². The second-order valence-corrected chi connectivity index (χ2v) is 7.54. The van der Waals surface area contributed by atoms with Gasteiger partial charge in [0.2, 0.25) is 0 Å². The molecule has 0 radical (unpaired) electrons. The number of hydrogen-bond donors (Lipinski definition) is 0. The monoisotopic (exact) mass is 364 g/mol. The molecule has 2 aliphatic heterocycles. The first-order chi connectivity index (χ1) is 13.0. The number of furan rings is 1. The van der Waals surface area contributed by atoms with Crippen LogP contribution in [-0.2, 0) is 16.1 Å². The number of imide groups is 1. The fraction of sp³-hybridized carbons (Fsp3) is 0.364. The molecular weight excluding hydrogens is 340 g/mol. The number of likely N-dealkylation sites (tertiary alicyclic amines) is 1. The van der Waals surface area contributed by atoms with Crippen LogP contribution in [0.5, 0.6) is 0 Å². The SMILES string of the molecule is Cc1ccc(C2=C(N3CCC(C)CC3)C(=O)N(Cc3ccco3)C2=O)cc1. The van der Waals surface area contributed by atoms with E-state index in [9.17, 15) is 9.59 Å². The molecule has 4 rings (SSSR count). The Hall–Kier alpha value is -2.82. The summed E-state index contributed by atoms with van der Waals surface area (Å²) in [5.74, 6) is 0.792. The summed E-state index contributed by atoms with van der Waals surface area (Å²) in [6, 6.07) is 11.4. The molecule has 0 spiro atoms. The number of hydrogen-bond acceptors (Lipinski definition) is 4. The van der Waals surface area contributed by atoms with Gasteiger partial charge in [0.1, 0.15) is 11.5 Å². The van der Waals surface area contributed by atoms with Gasteiger partial charge in [-0.25, -0.2) is 0 Å². The summed E-state index contributed by atoms with van der Waals surface area (Å²) in [6.07, 6.45) is 3.62. The minimum absolute atomic E-state index is 0.160. The number of carbonyl (C=O) groups excluding carboxylic acids is 2. The van der Waals surface area contributed by atoms with E-state index in [-0.39, 0.29) is 18.4 Å². The van der Waals surface area contributed by atoms with Crippen molar-refractivity contribution in [3.8, 4) is 0 Å². The zero-order chi connectivity index (χ0) is 19.0. The van der Waals surface area contributed by atoms with Crippen LogP contribution in [0.25, 0.3) is 5.57 Å². The van der Waals surface area contributed by atoms with Gasteiger partial charge in [-0.05, 0) is 43.4 Å². The molecule has 2 amide bonds. The quantitative estimate of drug-likeness (QED) is 0.778. The summed E-state index contributed by atoms with van der Waals surface area (Å²) in [6.45, 7) is 6.01. The van der Waals surface area contributed by atoms with Crippen molar-refractivity contribution in [2.75, 3.05) is 13.1 Å². The van der Waals surface area contributed by atoms with Crippen molar-refractivity contribution in [1.82, 2.24) is 9.80 Å². The number of benzene rings is 1. The largest absolute Gasteiger partial charge is 0.467 e. The molecule has 0 bridgehead atoms. The minimum Gasteiger partial charge on any atom is -0.467 e. The summed E-state index contributed by atoms with van der Waals surface area (Å²) in [5, 5.41) is 0. The van der Waals surface area contributed by atoms with Crippen LogP contribution >= 0.6 is 0 Å². The van der Waals surface area contributed by atoms with Crippen molar-refractivity contribution in [1.29, 1.82) is 0 Å². The van der Waals surface area contributed by atoms with Crippen LogP contribution in [-0.4, -0.2) is 34.7 Å². The number of aryl methyl sites for hydroxylation is 1. The predicted molar refractivity (Wildman–Crippen MR) is 102 cm³/mol. The average molecular weight is 364 g/mol. The van der Waals surface area contributed by atoms with Gasteiger partial charge in [-0.3, -0.25) is 14.5 Å². The number of carbonyl (C=O) groups is 2. The summed E-state index contributed by atoms with van der Waals surface area (Å²) >= 11 is 0. The smallest absolute Gasteiger partial charge is 0.278 e. The first kappa shape index (κ1) is 17.6. The van der Waals surface area contributed by atoms with Gasteiger partial charge in [-0.1, -0.05) is 36.8 Å². The van der Waals surface area contributed by atoms with E-state index in [4.69, 9.17) is 4.42 Å². The third-order valence-corrected chi connectivity index (χ3v) is 5.48. The summed E-state index contributed by atoms with van der Waals surface area (Å²) in [5.41, 5.74) is 2.98. The molecule has 0 atom stereocenters. The molecule has 1 aromatic carbocycles. The molecule has 2 aromatic rings. The highest BCUT2D eigenvalue weighted by molar-refractivity contribution is 6.35. The number of amides is 2. The van der Waals surface area contributed by atoms with Crippen molar-refractivity contribution in [2.45, 2.75) is 33.2 Å². The molecule has 1 saturated heterocycles. The lowest BCUT2D eigenvalue weighted by molar-refractivity contribution is -0.138. The van der Waals surface area contributed by atoms with Crippen molar-refractivity contribution in [3.63, 3.8) is 0 Å². The van der Waals surface area contributed by atoms with Crippen LogP contribution < -0.4 is 0 Å². The molecule has 0 N–H and O–H groups in total. The van der Waals surface area contributed by atoms with Crippen LogP contribution in [0, 0.1) is 12.8 Å². The Kier molecular flexibility index (Phi) is 4.60. The summed E-state index contributed by atoms with van der Waals surface area (Å²) < 4.78 is 5.37. The van der Waals surface area contributed by atoms with Gasteiger partial charge >= 0.3 is 0 Å². The third kappa shape index (κ3) is 3.29. The zero-order valence-corrected chi connectivity index (χ0v) is 15.8. The van der Waals surface area contributed by atoms with Gasteiger partial charge in [-0.15, -0.1) is 0 Å². The van der Waals surface area contributed by atoms with E-state index in [1.807, 2.05) is 31.2 Å². The Morgan fingerprint density at radius 2 is 1.74 bits per heavy atom. The van der Waals surface area contributed by atoms with Gasteiger partial charge in [0, 0.05) is 13.1 Å². The van der Waals surface area contributed by atoms with Crippen LogP contribution in [0.4, 0.5) is 0 Å². The molecule has 5 nitrogen and oxygen atoms in total. The maximum atomic E-state index is 13.2. The van der Waals surface area contributed by atoms with Crippen LogP contribution in [0.2, 0.25) is 0 Å². The lowest BCUT2D eigenvalue weighted by Gasteiger charge is -2.32. The first-order valence-electron chi connectivity index (χ1n) is 9.49. The Morgan fingerprint density at radius 1 is 1.04 bits per heavy atom. The summed E-state index contributed by atoms with van der Waals surface area (Å²) in [7, 11) is 0. The third-order valence-electron chi connectivity index (χ3n) is 5.48. The molecule has 0 aliphatic carbocycles. The molecule has 140 valence electrons. The van der Waals surface area contributed by atoms with Crippen LogP contribution in [0.1, 0.15) is 36.7 Å². The number of piperidine rings is 1. The standard InChI is InChI=1S/C22H24N2O3/c1-15-5-7-17(8-6-15)19-20(23-11-9-16(2)10-12-23)22(26)24(21(19)25)14-18-4-3-13-27-18/h3-8,13,16H,9-12,14H2,1-2H3. The van der Waals surface area contributed by atoms with Crippen molar-refractivity contribution < 1.29 is 14.0 Å². The highest BCUT2D eigenvalue weighted by Gasteiger charge is 2.42. The molecule has 1 aromatic heterocycles. The van der Waals surface area contributed by atoms with Gasteiger partial charge in [-0.2, -0.15) is 0 Å². The summed E-state index contributed by atoms with van der Waals surface area (Å²) in [4.78, 5) is 29.9. The maximum Gasteiger partial charge on any atom is 0.278 e. The minimum atomic E-state index is -0.242. The van der Waals surface area contributed by atoms with E-state index in [0.29, 0.717) is 22.9 Å². The highest BCUT2D eigenvalue weighted by Crippen LogP contribution is 2.34. The van der Waals surface area contributed by atoms with E-state index < -0.39 is 0 Å². The second-order valence-electron chi connectivity index (χ2n) is 7.54. The molecule has 2 aliphatic rings. The zero-order valence-electron chi connectivity index (χ0n) is 15.8. The van der Waals surface area contributed by atoms with E-state index in [0.717, 1.165) is 37.1 Å². The van der Waals surface area contributed by atoms with Crippen molar-refractivity contribution in [2.24, 2.45) is 5.92 Å². The molecule has 3 heterocycles. The fourth-order valence-corrected chi connectivity index (χ4v) is 3.77. The fourth-order valence-electron chi connectivity index (χ4n) is 3.77. The average Bonchev–Trinajstić information content (AvgIpc) is 3.26. The number of nitrogens with zero attached hydrogens (tertiary/aromatic N) is 2. The van der Waals surface area contributed by atoms with Crippen molar-refractivity contribution in [3.05, 3.63) is 65.2 Å². The molecular formula is C22H24N2O3. The maximum absolute atomic E-state index is 13.2. The van der Waals surface area contributed by atoms with E-state index in [1.54, 1.807) is 18.4 Å². The van der Waals surface area contributed by atoms with Gasteiger partial charge in [0.05, 0.1) is 18.4 Å². The molecule has 5 heteroatoms. The predicted octanol–water partition coefficient (Wildman–Crippen LogP) is 3.60. The number of rotatable bonds is 4. The Balaban J connectivity index is 1.73. The Bertz CT molecular complexity index is 873. The Labute approximate surface area is 159 Å². The highest BCUT2D eigenvalue weighted by atomic mass is 16.3. The van der Waals surface area contributed by atoms with Gasteiger partial charge < -0.3 is 9.32 Å². The van der Waals surface area contributed by atoms with E-state index in [1.165, 1.54) is 4.90 Å². The normalized spacial score (nSPS) is 18.7. The molecule has 0 unspecified atom stereocenters. The lowest BCUT2D eigenvalue weighted by Crippen LogP contribution is -2.38. The molecule has 27 heavy (non-hydrogen) atoms.